The van der Waals surface area contributed by atoms with Gasteiger partial charge in [0.2, 0.25) is 0 Å². The number of rotatable bonds is 5. The minimum atomic E-state index is -0.989. The van der Waals surface area contributed by atoms with Crippen LogP contribution in [0.5, 0.6) is 0 Å². The Bertz CT molecular complexity index is 370. The van der Waals surface area contributed by atoms with Crippen molar-refractivity contribution in [2.24, 2.45) is 5.92 Å². The predicted molar refractivity (Wildman–Crippen MR) is 73.4 cm³/mol. The number of carbonyl (C=O) groups is 2. The van der Waals surface area contributed by atoms with Crippen LogP contribution >= 0.6 is 0 Å². The molecule has 6 heteroatoms. The van der Waals surface area contributed by atoms with Crippen LogP contribution in [-0.4, -0.2) is 64.3 Å². The van der Waals surface area contributed by atoms with E-state index >= 15 is 0 Å². The van der Waals surface area contributed by atoms with Crippen LogP contribution < -0.4 is 0 Å². The monoisotopic (exact) mass is 284 g/mol. The zero-order valence-electron chi connectivity index (χ0n) is 12.0. The van der Waals surface area contributed by atoms with Gasteiger partial charge in [-0.2, -0.15) is 0 Å². The van der Waals surface area contributed by atoms with Gasteiger partial charge < -0.3 is 20.0 Å². The van der Waals surface area contributed by atoms with Crippen molar-refractivity contribution in [3.05, 3.63) is 0 Å². The van der Waals surface area contributed by atoms with Crippen molar-refractivity contribution in [1.29, 1.82) is 0 Å². The van der Waals surface area contributed by atoms with Crippen LogP contribution in [0.3, 0.4) is 0 Å². The molecular formula is C14H24N2O4. The van der Waals surface area contributed by atoms with E-state index in [0.717, 1.165) is 32.1 Å². The molecule has 0 aromatic heterocycles. The molecule has 2 fully saturated rings. The highest BCUT2D eigenvalue weighted by Crippen LogP contribution is 2.30. The van der Waals surface area contributed by atoms with E-state index < -0.39 is 12.1 Å². The normalized spacial score (nSPS) is 26.1. The van der Waals surface area contributed by atoms with Gasteiger partial charge in [0.15, 0.2) is 0 Å². The fourth-order valence-electron chi connectivity index (χ4n) is 2.89. The molecule has 6 nitrogen and oxygen atoms in total. The lowest BCUT2D eigenvalue weighted by molar-refractivity contribution is -0.137. The average molecular weight is 284 g/mol. The number of likely N-dealkylation sites (N-methyl/N-ethyl adjacent to an activating group) is 1. The van der Waals surface area contributed by atoms with Crippen molar-refractivity contribution in [2.75, 3.05) is 20.1 Å². The molecule has 2 N–H and O–H groups in total. The number of urea groups is 1. The maximum absolute atomic E-state index is 12.5. The third kappa shape index (κ3) is 3.85. The Hall–Kier alpha value is -1.30. The van der Waals surface area contributed by atoms with Crippen LogP contribution in [0.2, 0.25) is 0 Å². The van der Waals surface area contributed by atoms with E-state index in [1.54, 1.807) is 7.05 Å². The van der Waals surface area contributed by atoms with Crippen LogP contribution in [0.1, 0.15) is 38.5 Å². The number of aliphatic hydroxyl groups excluding tert-OH is 1. The molecule has 2 rings (SSSR count). The Labute approximate surface area is 119 Å². The molecule has 114 valence electrons. The Morgan fingerprint density at radius 3 is 2.35 bits per heavy atom. The molecule has 2 aliphatic rings. The molecule has 0 spiro atoms. The maximum atomic E-state index is 12.5. The number of carboxylic acids is 1. The molecule has 2 amide bonds. The van der Waals surface area contributed by atoms with Crippen molar-refractivity contribution in [2.45, 2.75) is 50.7 Å². The first-order valence-electron chi connectivity index (χ1n) is 7.40. The molecule has 0 aromatic carbocycles. The van der Waals surface area contributed by atoms with Gasteiger partial charge in [-0.3, -0.25) is 4.79 Å². The van der Waals surface area contributed by atoms with Gasteiger partial charge in [-0.15, -0.1) is 0 Å². The molecular weight excluding hydrogens is 260 g/mol. The second-order valence-corrected chi connectivity index (χ2v) is 6.03. The molecule has 20 heavy (non-hydrogen) atoms. The number of carboxylic acid groups (broad SMARTS) is 1. The van der Waals surface area contributed by atoms with E-state index in [1.807, 2.05) is 0 Å². The van der Waals surface area contributed by atoms with Gasteiger partial charge in [0.25, 0.3) is 0 Å². The van der Waals surface area contributed by atoms with E-state index in [1.165, 1.54) is 9.80 Å². The van der Waals surface area contributed by atoms with Crippen molar-refractivity contribution in [3.8, 4) is 0 Å². The van der Waals surface area contributed by atoms with E-state index in [2.05, 4.69) is 0 Å². The number of nitrogens with zero attached hydrogens (tertiary/aromatic N) is 2. The van der Waals surface area contributed by atoms with Crippen LogP contribution in [-0.2, 0) is 4.79 Å². The molecule has 2 atom stereocenters. The lowest BCUT2D eigenvalue weighted by Gasteiger charge is -2.37. The third-order valence-electron chi connectivity index (χ3n) is 4.27. The quantitative estimate of drug-likeness (QED) is 0.793. The van der Waals surface area contributed by atoms with E-state index in [0.29, 0.717) is 18.9 Å². The van der Waals surface area contributed by atoms with Crippen LogP contribution in [0.25, 0.3) is 0 Å². The van der Waals surface area contributed by atoms with Gasteiger partial charge in [0.1, 0.15) is 6.54 Å². The van der Waals surface area contributed by atoms with Gasteiger partial charge in [0, 0.05) is 13.6 Å². The lowest BCUT2D eigenvalue weighted by atomic mass is 9.92. The molecule has 2 aliphatic carbocycles. The number of hydrogen-bond donors (Lipinski definition) is 2. The molecule has 0 saturated heterocycles. The molecule has 0 aromatic rings. The SMILES string of the molecule is CN(C(=O)N(CC(=O)O)CC1CC1)C1CCCCC1O. The Morgan fingerprint density at radius 1 is 1.15 bits per heavy atom. The van der Waals surface area contributed by atoms with E-state index in [4.69, 9.17) is 5.11 Å². The molecule has 0 radical (unpaired) electrons. The lowest BCUT2D eigenvalue weighted by Crippen LogP contribution is -2.52. The molecule has 0 bridgehead atoms. The summed E-state index contributed by atoms with van der Waals surface area (Å²) in [6.45, 7) is 0.251. The van der Waals surface area contributed by atoms with E-state index in [9.17, 15) is 14.7 Å². The summed E-state index contributed by atoms with van der Waals surface area (Å²) in [5.41, 5.74) is 0. The standard InChI is InChI=1S/C14H24N2O4/c1-15(11-4-2-3-5-12(11)17)14(20)16(9-13(18)19)8-10-6-7-10/h10-12,17H,2-9H2,1H3,(H,18,19). The predicted octanol–water partition coefficient (Wildman–Crippen LogP) is 1.14. The summed E-state index contributed by atoms with van der Waals surface area (Å²) in [7, 11) is 1.67. The number of hydrogen-bond acceptors (Lipinski definition) is 3. The summed E-state index contributed by atoms with van der Waals surface area (Å²) in [4.78, 5) is 26.3. The van der Waals surface area contributed by atoms with Gasteiger partial charge in [0.05, 0.1) is 12.1 Å². The maximum Gasteiger partial charge on any atom is 0.323 e. The van der Waals surface area contributed by atoms with Crippen LogP contribution in [0, 0.1) is 5.92 Å². The first-order valence-corrected chi connectivity index (χ1v) is 7.40. The Balaban J connectivity index is 1.98. The van der Waals surface area contributed by atoms with Gasteiger partial charge in [-0.05, 0) is 31.6 Å². The molecule has 0 heterocycles. The largest absolute Gasteiger partial charge is 0.480 e. The minimum absolute atomic E-state index is 0.188. The second-order valence-electron chi connectivity index (χ2n) is 6.03. The summed E-state index contributed by atoms with van der Waals surface area (Å²) < 4.78 is 0. The highest BCUT2D eigenvalue weighted by molar-refractivity contribution is 5.80. The van der Waals surface area contributed by atoms with Gasteiger partial charge in [-0.1, -0.05) is 12.8 Å². The fraction of sp³-hybridized carbons (Fsp3) is 0.857. The van der Waals surface area contributed by atoms with Gasteiger partial charge >= 0.3 is 12.0 Å². The summed E-state index contributed by atoms with van der Waals surface area (Å²) in [5.74, 6) is -0.542. The van der Waals surface area contributed by atoms with Crippen LogP contribution in [0.4, 0.5) is 4.79 Å². The van der Waals surface area contributed by atoms with Crippen molar-refractivity contribution < 1.29 is 19.8 Å². The summed E-state index contributed by atoms with van der Waals surface area (Å²) in [6.07, 6.45) is 5.13. The molecule has 2 unspecified atom stereocenters. The highest BCUT2D eigenvalue weighted by Gasteiger charge is 2.34. The smallest absolute Gasteiger partial charge is 0.323 e. The van der Waals surface area contributed by atoms with Crippen LogP contribution in [0.15, 0.2) is 0 Å². The number of amides is 2. The van der Waals surface area contributed by atoms with Crippen molar-refractivity contribution in [3.63, 3.8) is 0 Å². The second kappa shape index (κ2) is 6.43. The molecule has 0 aliphatic heterocycles. The molecule has 2 saturated carbocycles. The first-order chi connectivity index (χ1) is 9.49. The average Bonchev–Trinajstić information content (AvgIpc) is 3.20. The van der Waals surface area contributed by atoms with Crippen molar-refractivity contribution in [1.82, 2.24) is 9.80 Å². The highest BCUT2D eigenvalue weighted by atomic mass is 16.4. The minimum Gasteiger partial charge on any atom is -0.480 e. The third-order valence-corrected chi connectivity index (χ3v) is 4.27. The van der Waals surface area contributed by atoms with Gasteiger partial charge in [-0.25, -0.2) is 4.79 Å². The summed E-state index contributed by atoms with van der Waals surface area (Å²) >= 11 is 0. The topological polar surface area (TPSA) is 81.1 Å². The fourth-order valence-corrected chi connectivity index (χ4v) is 2.89. The number of carbonyl (C=O) groups excluding carboxylic acids is 1. The summed E-state index contributed by atoms with van der Waals surface area (Å²) in [6, 6.07) is -0.461. The van der Waals surface area contributed by atoms with Crippen molar-refractivity contribution >= 4 is 12.0 Å². The zero-order valence-corrected chi connectivity index (χ0v) is 12.0. The Kier molecular flexibility index (Phi) is 4.86. The Morgan fingerprint density at radius 2 is 1.80 bits per heavy atom. The first kappa shape index (κ1) is 15.1. The summed E-state index contributed by atoms with van der Waals surface area (Å²) in [5, 5.41) is 19.0. The number of aliphatic hydroxyl groups is 1. The number of aliphatic carboxylic acids is 1. The zero-order chi connectivity index (χ0) is 14.7. The van der Waals surface area contributed by atoms with E-state index in [-0.39, 0.29) is 18.6 Å².